The van der Waals surface area contributed by atoms with Gasteiger partial charge in [-0.25, -0.2) is 0 Å². The fourth-order valence-electron chi connectivity index (χ4n) is 4.26. The minimum Gasteiger partial charge on any atom is -0.354 e. The third-order valence-corrected chi connectivity index (χ3v) is 5.56. The molecule has 2 atom stereocenters. The lowest BCUT2D eigenvalue weighted by atomic mass is 9.88. The van der Waals surface area contributed by atoms with Crippen LogP contribution < -0.4 is 4.90 Å². The van der Waals surface area contributed by atoms with Crippen LogP contribution in [0.1, 0.15) is 32.1 Å². The maximum Gasteiger partial charge on any atom is 0.180 e. The van der Waals surface area contributed by atoms with Crippen molar-refractivity contribution in [3.05, 3.63) is 24.3 Å². The molecule has 2 saturated heterocycles. The first-order valence-electron chi connectivity index (χ1n) is 9.05. The van der Waals surface area contributed by atoms with E-state index >= 15 is 0 Å². The molecule has 5 nitrogen and oxygen atoms in total. The van der Waals surface area contributed by atoms with Gasteiger partial charge in [0.15, 0.2) is 11.4 Å². The van der Waals surface area contributed by atoms with Crippen molar-refractivity contribution >= 4 is 16.8 Å². The third kappa shape index (κ3) is 2.99. The van der Waals surface area contributed by atoms with Crippen LogP contribution in [-0.4, -0.2) is 42.3 Å². The van der Waals surface area contributed by atoms with E-state index in [0.717, 1.165) is 48.8 Å². The number of aromatic nitrogens is 1. The predicted molar refractivity (Wildman–Crippen MR) is 93.8 cm³/mol. The lowest BCUT2D eigenvalue weighted by Gasteiger charge is -2.46. The van der Waals surface area contributed by atoms with E-state index in [1.54, 1.807) is 0 Å². The maximum atomic E-state index is 8.70. The fourth-order valence-corrected chi connectivity index (χ4v) is 4.26. The molecule has 3 heterocycles. The molecule has 0 N–H and O–H groups in total. The van der Waals surface area contributed by atoms with Crippen molar-refractivity contribution in [3.63, 3.8) is 0 Å². The van der Waals surface area contributed by atoms with Crippen LogP contribution >= 0.6 is 0 Å². The van der Waals surface area contributed by atoms with Crippen molar-refractivity contribution in [3.8, 4) is 6.07 Å². The molecule has 0 bridgehead atoms. The van der Waals surface area contributed by atoms with Gasteiger partial charge in [0.1, 0.15) is 0 Å². The highest BCUT2D eigenvalue weighted by atomic mass is 16.5. The van der Waals surface area contributed by atoms with E-state index in [4.69, 9.17) is 9.78 Å². The van der Waals surface area contributed by atoms with Gasteiger partial charge in [-0.3, -0.25) is 4.90 Å². The fraction of sp³-hybridized carbons (Fsp3) is 0.579. The number of nitrogens with zero attached hydrogens (tertiary/aromatic N) is 4. The zero-order valence-corrected chi connectivity index (χ0v) is 14.0. The molecule has 0 spiro atoms. The maximum absolute atomic E-state index is 8.70. The van der Waals surface area contributed by atoms with E-state index < -0.39 is 0 Å². The molecule has 0 radical (unpaired) electrons. The molecule has 2 fully saturated rings. The van der Waals surface area contributed by atoms with Crippen molar-refractivity contribution in [2.45, 2.75) is 38.1 Å². The van der Waals surface area contributed by atoms with E-state index in [2.05, 4.69) is 27.1 Å². The monoisotopic (exact) mass is 324 g/mol. The summed E-state index contributed by atoms with van der Waals surface area (Å²) in [5.41, 5.74) is 0.871. The molecule has 0 aliphatic carbocycles. The summed E-state index contributed by atoms with van der Waals surface area (Å²) in [4.78, 5) is 5.04. The lowest BCUT2D eigenvalue weighted by Crippen LogP contribution is -2.56. The minimum absolute atomic E-state index is 0.626. The third-order valence-electron chi connectivity index (χ3n) is 5.56. The number of piperazine rings is 1. The molecule has 2 aromatic rings. The first-order chi connectivity index (χ1) is 11.8. The van der Waals surface area contributed by atoms with E-state index in [9.17, 15) is 0 Å². The molecular formula is C19H24N4O. The van der Waals surface area contributed by atoms with Gasteiger partial charge in [0.2, 0.25) is 0 Å². The number of hydrogen-bond acceptors (Lipinski definition) is 5. The Hall–Kier alpha value is -2.06. The summed E-state index contributed by atoms with van der Waals surface area (Å²) in [6.45, 7) is 4.35. The van der Waals surface area contributed by atoms with Crippen LogP contribution in [0.2, 0.25) is 0 Å². The minimum atomic E-state index is 0.626. The van der Waals surface area contributed by atoms with Crippen molar-refractivity contribution < 1.29 is 4.52 Å². The topological polar surface area (TPSA) is 56.3 Å². The van der Waals surface area contributed by atoms with Gasteiger partial charge in [-0.15, -0.1) is 0 Å². The van der Waals surface area contributed by atoms with Gasteiger partial charge in [0, 0.05) is 38.6 Å². The van der Waals surface area contributed by atoms with Gasteiger partial charge >= 0.3 is 0 Å². The molecule has 5 heteroatoms. The Morgan fingerprint density at radius 3 is 3.04 bits per heavy atom. The number of piperidine rings is 1. The first kappa shape index (κ1) is 15.5. The zero-order valence-electron chi connectivity index (χ0n) is 14.0. The summed E-state index contributed by atoms with van der Waals surface area (Å²) >= 11 is 0. The Morgan fingerprint density at radius 2 is 2.12 bits per heavy atom. The molecule has 2 aliphatic heterocycles. The second kappa shape index (κ2) is 6.82. The van der Waals surface area contributed by atoms with Crippen LogP contribution in [0.15, 0.2) is 28.8 Å². The molecule has 24 heavy (non-hydrogen) atoms. The van der Waals surface area contributed by atoms with Gasteiger partial charge in [-0.05, 0) is 43.7 Å². The highest BCUT2D eigenvalue weighted by Gasteiger charge is 2.33. The molecule has 126 valence electrons. The number of nitriles is 1. The summed E-state index contributed by atoms with van der Waals surface area (Å²) in [5.74, 6) is 1.77. The van der Waals surface area contributed by atoms with Crippen LogP contribution in [-0.2, 0) is 0 Å². The summed E-state index contributed by atoms with van der Waals surface area (Å²) in [5, 5.41) is 14.1. The number of hydrogen-bond donors (Lipinski definition) is 0. The number of para-hydroxylation sites is 1. The zero-order chi connectivity index (χ0) is 16.4. The molecular weight excluding hydrogens is 300 g/mol. The van der Waals surface area contributed by atoms with Crippen molar-refractivity contribution in [1.29, 1.82) is 5.26 Å². The molecule has 0 saturated carbocycles. The van der Waals surface area contributed by atoms with Crippen LogP contribution in [0.5, 0.6) is 0 Å². The largest absolute Gasteiger partial charge is 0.354 e. The highest BCUT2D eigenvalue weighted by molar-refractivity contribution is 5.88. The van der Waals surface area contributed by atoms with Crippen molar-refractivity contribution in [2.75, 3.05) is 31.1 Å². The quantitative estimate of drug-likeness (QED) is 0.807. The molecule has 0 unspecified atom stereocenters. The highest BCUT2D eigenvalue weighted by Crippen LogP contribution is 2.32. The Labute approximate surface area is 142 Å². The van der Waals surface area contributed by atoms with Crippen molar-refractivity contribution in [2.24, 2.45) is 5.92 Å². The van der Waals surface area contributed by atoms with Crippen LogP contribution in [0.3, 0.4) is 0 Å². The number of anilines is 1. The van der Waals surface area contributed by atoms with E-state index in [-0.39, 0.29) is 0 Å². The van der Waals surface area contributed by atoms with E-state index in [0.29, 0.717) is 12.5 Å². The van der Waals surface area contributed by atoms with Gasteiger partial charge in [-0.2, -0.15) is 5.26 Å². The normalized spacial score (nSPS) is 24.7. The molecule has 1 aromatic heterocycles. The van der Waals surface area contributed by atoms with Crippen LogP contribution in [0, 0.1) is 17.2 Å². The number of unbranched alkanes of at least 4 members (excludes halogenated alkanes) is 1. The van der Waals surface area contributed by atoms with Gasteiger partial charge < -0.3 is 9.42 Å². The Balaban J connectivity index is 1.40. The van der Waals surface area contributed by atoms with E-state index in [1.807, 2.05) is 18.2 Å². The Morgan fingerprint density at radius 1 is 1.21 bits per heavy atom. The van der Waals surface area contributed by atoms with Gasteiger partial charge in [0.25, 0.3) is 0 Å². The Bertz CT molecular complexity index is 734. The average molecular weight is 324 g/mol. The van der Waals surface area contributed by atoms with Crippen LogP contribution in [0.4, 0.5) is 5.82 Å². The Kier molecular flexibility index (Phi) is 4.40. The average Bonchev–Trinajstić information content (AvgIpc) is 3.05. The standard InChI is InChI=1S/C19H24N4O/c20-10-4-3-5-15-8-9-16-14-23(12-11-22(16)13-15)19-17-6-1-2-7-18(17)24-21-19/h1-2,6-7,15-16H,3-5,8-9,11-14H2/t15-,16+/m1/s1. The van der Waals surface area contributed by atoms with Gasteiger partial charge in [-0.1, -0.05) is 17.3 Å². The smallest absolute Gasteiger partial charge is 0.180 e. The molecule has 4 rings (SSSR count). The molecule has 2 aliphatic rings. The summed E-state index contributed by atoms with van der Waals surface area (Å²) in [6.07, 6.45) is 5.50. The van der Waals surface area contributed by atoms with Crippen molar-refractivity contribution in [1.82, 2.24) is 10.1 Å². The first-order valence-corrected chi connectivity index (χ1v) is 9.05. The molecule has 0 amide bonds. The predicted octanol–water partition coefficient (Wildman–Crippen LogP) is 3.42. The summed E-state index contributed by atoms with van der Waals surface area (Å²) < 4.78 is 5.48. The molecule has 1 aromatic carbocycles. The summed E-state index contributed by atoms with van der Waals surface area (Å²) in [6, 6.07) is 11.0. The van der Waals surface area contributed by atoms with Gasteiger partial charge in [0.05, 0.1) is 11.5 Å². The summed E-state index contributed by atoms with van der Waals surface area (Å²) in [7, 11) is 0. The SMILES string of the molecule is N#CCCC[C@@H]1CC[C@H]2CN(c3noc4ccccc34)CCN2C1. The number of rotatable bonds is 4. The van der Waals surface area contributed by atoms with E-state index in [1.165, 1.54) is 25.8 Å². The second-order valence-corrected chi connectivity index (χ2v) is 7.09. The van der Waals surface area contributed by atoms with Crippen LogP contribution in [0.25, 0.3) is 11.0 Å². The number of fused-ring (bicyclic) bond motifs is 2. The second-order valence-electron chi connectivity index (χ2n) is 7.09. The number of benzene rings is 1. The lowest BCUT2D eigenvalue weighted by molar-refractivity contribution is 0.0913.